The quantitative estimate of drug-likeness (QED) is 0.505. The molecular weight excluding hydrogens is 216 g/mol. The molecule has 2 aromatic carbocycles. The minimum Gasteiger partial charge on any atom is -0.267 e. The van der Waals surface area contributed by atoms with E-state index in [-0.39, 0.29) is 0 Å². The van der Waals surface area contributed by atoms with Gasteiger partial charge < -0.3 is 0 Å². The molecule has 1 aliphatic rings. The Kier molecular flexibility index (Phi) is 1.77. The molecule has 0 fully saturated rings. The Morgan fingerprint density at radius 3 is 1.94 bits per heavy atom. The number of carbonyl (C=O) groups excluding carboxylic acids is 2. The number of amides is 2. The van der Waals surface area contributed by atoms with Crippen LogP contribution in [0.15, 0.2) is 36.4 Å². The number of nitriles is 1. The predicted molar refractivity (Wildman–Crippen MR) is 60.1 cm³/mol. The zero-order valence-corrected chi connectivity index (χ0v) is 8.68. The van der Waals surface area contributed by atoms with Crippen LogP contribution in [-0.4, -0.2) is 16.7 Å². The fraction of sp³-hybridized carbons (Fsp3) is 0. The Morgan fingerprint density at radius 1 is 0.941 bits per heavy atom. The van der Waals surface area contributed by atoms with Gasteiger partial charge in [-0.2, -0.15) is 10.2 Å². The molecule has 0 atom stereocenters. The summed E-state index contributed by atoms with van der Waals surface area (Å²) in [5, 5.41) is 10.3. The summed E-state index contributed by atoms with van der Waals surface area (Å²) in [5.74, 6) is -1.11. The van der Waals surface area contributed by atoms with Crippen LogP contribution >= 0.6 is 0 Å². The number of carbonyl (C=O) groups is 2. The van der Waals surface area contributed by atoms with Crippen molar-refractivity contribution in [3.05, 3.63) is 47.5 Å². The second kappa shape index (κ2) is 3.16. The highest BCUT2D eigenvalue weighted by atomic mass is 16.2. The lowest BCUT2D eigenvalue weighted by Gasteiger charge is -2.20. The summed E-state index contributed by atoms with van der Waals surface area (Å²) in [5.41, 5.74) is 0.804. The molecule has 0 N–H and O–H groups in total. The van der Waals surface area contributed by atoms with Gasteiger partial charge >= 0.3 is 0 Å². The molecule has 2 amide bonds. The summed E-state index contributed by atoms with van der Waals surface area (Å²) in [6.45, 7) is 0. The minimum absolute atomic E-state index is 0.402. The third-order valence-corrected chi connectivity index (χ3v) is 2.87. The van der Waals surface area contributed by atoms with Crippen LogP contribution in [0.2, 0.25) is 0 Å². The van der Waals surface area contributed by atoms with Crippen molar-refractivity contribution >= 4 is 22.6 Å². The van der Waals surface area contributed by atoms with E-state index in [0.29, 0.717) is 21.4 Å². The highest BCUT2D eigenvalue weighted by Crippen LogP contribution is 2.29. The Morgan fingerprint density at radius 2 is 1.47 bits per heavy atom. The molecule has 2 aromatic rings. The molecule has 0 saturated heterocycles. The zero-order chi connectivity index (χ0) is 12.0. The van der Waals surface area contributed by atoms with Crippen molar-refractivity contribution < 1.29 is 9.59 Å². The van der Waals surface area contributed by atoms with Gasteiger partial charge in [-0.1, -0.05) is 24.3 Å². The van der Waals surface area contributed by atoms with Crippen LogP contribution in [0.3, 0.4) is 0 Å². The molecule has 0 radical (unpaired) electrons. The predicted octanol–water partition coefficient (Wildman–Crippen LogP) is 1.92. The molecule has 17 heavy (non-hydrogen) atoms. The van der Waals surface area contributed by atoms with Crippen LogP contribution in [0, 0.1) is 11.5 Å². The smallest absolute Gasteiger partial charge is 0.267 e. The molecule has 3 rings (SSSR count). The normalized spacial score (nSPS) is 13.9. The van der Waals surface area contributed by atoms with Gasteiger partial charge in [-0.25, -0.2) is 0 Å². The Hall–Kier alpha value is -2.67. The number of hydrogen-bond donors (Lipinski definition) is 0. The van der Waals surface area contributed by atoms with E-state index in [4.69, 9.17) is 5.26 Å². The number of hydrogen-bond acceptors (Lipinski definition) is 3. The van der Waals surface area contributed by atoms with Crippen molar-refractivity contribution in [3.8, 4) is 6.19 Å². The summed E-state index contributed by atoms with van der Waals surface area (Å²) >= 11 is 0. The van der Waals surface area contributed by atoms with Crippen LogP contribution in [0.5, 0.6) is 0 Å². The van der Waals surface area contributed by atoms with Crippen molar-refractivity contribution in [2.75, 3.05) is 0 Å². The third-order valence-electron chi connectivity index (χ3n) is 2.87. The average molecular weight is 222 g/mol. The van der Waals surface area contributed by atoms with Crippen molar-refractivity contribution in [1.29, 1.82) is 5.26 Å². The highest BCUT2D eigenvalue weighted by Gasteiger charge is 2.32. The molecule has 0 aliphatic carbocycles. The summed E-state index contributed by atoms with van der Waals surface area (Å²) in [7, 11) is 0. The Bertz CT molecular complexity index is 662. The SMILES string of the molecule is N#CN1C(=O)c2cccc3cccc(c23)C1=O. The minimum atomic E-state index is -0.554. The van der Waals surface area contributed by atoms with Crippen molar-refractivity contribution in [1.82, 2.24) is 4.90 Å². The Balaban J connectivity index is 2.49. The molecule has 1 heterocycles. The van der Waals surface area contributed by atoms with E-state index in [2.05, 4.69) is 0 Å². The van der Waals surface area contributed by atoms with E-state index in [1.54, 1.807) is 30.5 Å². The second-order valence-electron chi connectivity index (χ2n) is 3.75. The van der Waals surface area contributed by atoms with Gasteiger partial charge in [0.2, 0.25) is 0 Å². The molecular formula is C13H6N2O2. The molecule has 4 heteroatoms. The van der Waals surface area contributed by atoms with Crippen LogP contribution in [0.1, 0.15) is 20.7 Å². The Labute approximate surface area is 96.7 Å². The molecule has 4 nitrogen and oxygen atoms in total. The first kappa shape index (κ1) is 9.55. The summed E-state index contributed by atoms with van der Waals surface area (Å²) in [6, 6.07) is 10.4. The first-order chi connectivity index (χ1) is 8.24. The fourth-order valence-corrected chi connectivity index (χ4v) is 2.12. The lowest BCUT2D eigenvalue weighted by Crippen LogP contribution is -2.36. The lowest BCUT2D eigenvalue weighted by atomic mass is 9.94. The van der Waals surface area contributed by atoms with Gasteiger partial charge in [-0.15, -0.1) is 0 Å². The van der Waals surface area contributed by atoms with Crippen molar-refractivity contribution in [3.63, 3.8) is 0 Å². The largest absolute Gasteiger partial charge is 0.274 e. The van der Waals surface area contributed by atoms with E-state index in [0.717, 1.165) is 5.39 Å². The number of rotatable bonds is 0. The number of imide groups is 1. The maximum Gasteiger partial charge on any atom is 0.274 e. The van der Waals surface area contributed by atoms with Gasteiger partial charge in [0.1, 0.15) is 0 Å². The fourth-order valence-electron chi connectivity index (χ4n) is 2.12. The number of benzene rings is 2. The lowest BCUT2D eigenvalue weighted by molar-refractivity contribution is 0.0691. The van der Waals surface area contributed by atoms with Crippen molar-refractivity contribution in [2.45, 2.75) is 0 Å². The monoisotopic (exact) mass is 222 g/mol. The average Bonchev–Trinajstić information content (AvgIpc) is 2.36. The summed E-state index contributed by atoms with van der Waals surface area (Å²) in [6.07, 6.45) is 1.62. The van der Waals surface area contributed by atoms with Gasteiger partial charge in [-0.05, 0) is 17.5 Å². The highest BCUT2D eigenvalue weighted by molar-refractivity contribution is 6.26. The molecule has 0 aromatic heterocycles. The maximum atomic E-state index is 11.9. The number of nitrogens with zero attached hydrogens (tertiary/aromatic N) is 2. The van der Waals surface area contributed by atoms with Gasteiger partial charge in [0.25, 0.3) is 11.8 Å². The van der Waals surface area contributed by atoms with Gasteiger partial charge in [0.15, 0.2) is 6.19 Å². The summed E-state index contributed by atoms with van der Waals surface area (Å²) in [4.78, 5) is 24.4. The maximum absolute atomic E-state index is 11.9. The first-order valence-electron chi connectivity index (χ1n) is 5.04. The molecule has 1 aliphatic heterocycles. The molecule has 0 spiro atoms. The second-order valence-corrected chi connectivity index (χ2v) is 3.75. The van der Waals surface area contributed by atoms with E-state index < -0.39 is 11.8 Å². The third kappa shape index (κ3) is 1.11. The van der Waals surface area contributed by atoms with E-state index >= 15 is 0 Å². The zero-order valence-electron chi connectivity index (χ0n) is 8.68. The van der Waals surface area contributed by atoms with Gasteiger partial charge in [-0.3, -0.25) is 9.59 Å². The van der Waals surface area contributed by atoms with Crippen LogP contribution in [-0.2, 0) is 0 Å². The van der Waals surface area contributed by atoms with Crippen LogP contribution in [0.4, 0.5) is 0 Å². The van der Waals surface area contributed by atoms with E-state index in [1.165, 1.54) is 0 Å². The van der Waals surface area contributed by atoms with Crippen LogP contribution < -0.4 is 0 Å². The van der Waals surface area contributed by atoms with E-state index in [1.807, 2.05) is 12.1 Å². The molecule has 0 saturated carbocycles. The van der Waals surface area contributed by atoms with Gasteiger partial charge in [0, 0.05) is 16.5 Å². The van der Waals surface area contributed by atoms with Crippen LogP contribution in [0.25, 0.3) is 10.8 Å². The summed E-state index contributed by atoms with van der Waals surface area (Å²) < 4.78 is 0. The molecule has 80 valence electrons. The van der Waals surface area contributed by atoms with E-state index in [9.17, 15) is 9.59 Å². The molecule has 0 unspecified atom stereocenters. The topological polar surface area (TPSA) is 61.2 Å². The molecule has 0 bridgehead atoms. The van der Waals surface area contributed by atoms with Gasteiger partial charge in [0.05, 0.1) is 0 Å². The first-order valence-corrected chi connectivity index (χ1v) is 5.04. The van der Waals surface area contributed by atoms with Crippen molar-refractivity contribution in [2.24, 2.45) is 0 Å². The standard InChI is InChI=1S/C13H6N2O2/c14-7-15-12(16)9-5-1-3-8-4-2-6-10(11(8)9)13(15)17/h1-6H.